The molecular weight excluding hydrogens is 152 g/mol. The summed E-state index contributed by atoms with van der Waals surface area (Å²) in [4.78, 5) is 18.8. The molecular formula is C2H5O2PZn. The van der Waals surface area contributed by atoms with E-state index < -0.39 is 8.38 Å². The Hall–Kier alpha value is 0.973. The van der Waals surface area contributed by atoms with E-state index in [0.717, 1.165) is 0 Å². The fraction of sp³-hybridized carbons (Fsp3) is 1.00. The average molecular weight is 157 g/mol. The van der Waals surface area contributed by atoms with Gasteiger partial charge in [-0.3, -0.25) is 0 Å². The summed E-state index contributed by atoms with van der Waals surface area (Å²) in [6.07, 6.45) is 0.259. The summed E-state index contributed by atoms with van der Waals surface area (Å²) in [5.74, 6) is 0. The van der Waals surface area contributed by atoms with E-state index in [-0.39, 0.29) is 25.6 Å². The fourth-order valence-corrected chi connectivity index (χ4v) is 0. The van der Waals surface area contributed by atoms with Crippen molar-refractivity contribution < 1.29 is 29.3 Å². The molecule has 0 bridgehead atoms. The second-order valence-corrected chi connectivity index (χ2v) is 1.95. The summed E-state index contributed by atoms with van der Waals surface area (Å²) in [7, 11) is -2.10. The molecule has 0 saturated carbocycles. The van der Waals surface area contributed by atoms with Crippen LogP contribution in [0.3, 0.4) is 0 Å². The van der Waals surface area contributed by atoms with Crippen LogP contribution >= 0.6 is 8.38 Å². The first-order chi connectivity index (χ1) is 2.27. The van der Waals surface area contributed by atoms with Crippen molar-refractivity contribution in [3.63, 3.8) is 0 Å². The molecule has 6 heavy (non-hydrogen) atoms. The van der Waals surface area contributed by atoms with Gasteiger partial charge in [-0.2, -0.15) is 0 Å². The zero-order valence-corrected chi connectivity index (χ0v) is 7.54. The van der Waals surface area contributed by atoms with Crippen molar-refractivity contribution in [2.75, 3.05) is 6.16 Å². The molecule has 0 fully saturated rings. The molecule has 0 rings (SSSR count). The third kappa shape index (κ3) is 8.88. The van der Waals surface area contributed by atoms with Gasteiger partial charge in [-0.15, -0.1) is 0 Å². The van der Waals surface area contributed by atoms with Gasteiger partial charge in [0.1, 0.15) is 0 Å². The Balaban J connectivity index is 0. The first kappa shape index (κ1) is 10.1. The molecule has 0 aromatic carbocycles. The van der Waals surface area contributed by atoms with Gasteiger partial charge < -0.3 is 18.2 Å². The van der Waals surface area contributed by atoms with E-state index in [9.17, 15) is 9.79 Å². The molecule has 0 saturated heterocycles. The molecule has 0 aromatic heterocycles. The maximum Gasteiger partial charge on any atom is 2.00 e. The summed E-state index contributed by atoms with van der Waals surface area (Å²) in [6.45, 7) is 1.60. The molecule has 0 unspecified atom stereocenters. The predicted octanol–water partition coefficient (Wildman–Crippen LogP) is -0.964. The van der Waals surface area contributed by atoms with Crippen LogP contribution in [0.4, 0.5) is 0 Å². The molecule has 0 spiro atoms. The van der Waals surface area contributed by atoms with Crippen molar-refractivity contribution in [3.05, 3.63) is 0 Å². The van der Waals surface area contributed by atoms with E-state index in [2.05, 4.69) is 0 Å². The monoisotopic (exact) mass is 156 g/mol. The molecule has 0 N–H and O–H groups in total. The summed E-state index contributed by atoms with van der Waals surface area (Å²) in [5.41, 5.74) is 0. The van der Waals surface area contributed by atoms with Crippen molar-refractivity contribution in [3.8, 4) is 0 Å². The molecule has 0 radical (unpaired) electrons. The molecule has 0 aromatic rings. The van der Waals surface area contributed by atoms with Crippen LogP contribution in [0.1, 0.15) is 6.92 Å². The number of hydrogen-bond acceptors (Lipinski definition) is 2. The molecule has 2 nitrogen and oxygen atoms in total. The standard InChI is InChI=1S/C2H5O2P.Zn/c1-2-5(3)4;/h2H2,1H3;/q-2;+2. The Labute approximate surface area is 51.2 Å². The van der Waals surface area contributed by atoms with Crippen LogP contribution in [-0.2, 0) is 19.5 Å². The minimum atomic E-state index is -2.10. The van der Waals surface area contributed by atoms with Gasteiger partial charge in [0.2, 0.25) is 0 Å². The zero-order chi connectivity index (χ0) is 4.28. The SMILES string of the molecule is CCP([O-])[O-].[Zn+2]. The largest absolute Gasteiger partial charge is 2.00 e. The van der Waals surface area contributed by atoms with Crippen LogP contribution in [0.2, 0.25) is 0 Å². The third-order valence-corrected chi connectivity index (χ3v) is 0.775. The van der Waals surface area contributed by atoms with Crippen LogP contribution in [0.5, 0.6) is 0 Å². The average Bonchev–Trinajstić information content (AvgIpc) is 1.38. The Morgan fingerprint density at radius 1 is 1.50 bits per heavy atom. The molecule has 0 aliphatic rings. The Kier molecular flexibility index (Phi) is 10.0. The van der Waals surface area contributed by atoms with Crippen molar-refractivity contribution in [2.24, 2.45) is 0 Å². The van der Waals surface area contributed by atoms with Gasteiger partial charge in [0.15, 0.2) is 0 Å². The van der Waals surface area contributed by atoms with Crippen molar-refractivity contribution in [2.45, 2.75) is 6.92 Å². The normalized spacial score (nSPS) is 8.00. The Morgan fingerprint density at radius 3 is 1.67 bits per heavy atom. The molecule has 0 heterocycles. The number of rotatable bonds is 1. The molecule has 0 atom stereocenters. The summed E-state index contributed by atoms with van der Waals surface area (Å²) < 4.78 is 0. The van der Waals surface area contributed by atoms with Crippen LogP contribution in [-0.4, -0.2) is 6.16 Å². The van der Waals surface area contributed by atoms with Gasteiger partial charge in [0.25, 0.3) is 0 Å². The first-order valence-corrected chi connectivity index (χ1v) is 2.75. The minimum Gasteiger partial charge on any atom is -0.842 e. The topological polar surface area (TPSA) is 46.1 Å². The second kappa shape index (κ2) is 5.97. The van der Waals surface area contributed by atoms with Crippen LogP contribution in [0.25, 0.3) is 0 Å². The van der Waals surface area contributed by atoms with E-state index in [1.165, 1.54) is 0 Å². The van der Waals surface area contributed by atoms with E-state index in [4.69, 9.17) is 0 Å². The van der Waals surface area contributed by atoms with E-state index in [0.29, 0.717) is 0 Å². The van der Waals surface area contributed by atoms with Crippen LogP contribution in [0.15, 0.2) is 0 Å². The second-order valence-electron chi connectivity index (χ2n) is 0.649. The molecule has 0 aliphatic carbocycles. The van der Waals surface area contributed by atoms with Gasteiger partial charge >= 0.3 is 19.5 Å². The summed E-state index contributed by atoms with van der Waals surface area (Å²) >= 11 is 0. The maximum atomic E-state index is 9.41. The first-order valence-electron chi connectivity index (χ1n) is 1.39. The van der Waals surface area contributed by atoms with Crippen LogP contribution < -0.4 is 9.79 Å². The fourth-order valence-electron chi connectivity index (χ4n) is 0. The van der Waals surface area contributed by atoms with Crippen molar-refractivity contribution in [1.29, 1.82) is 0 Å². The summed E-state index contributed by atoms with van der Waals surface area (Å²) in [6, 6.07) is 0. The van der Waals surface area contributed by atoms with Crippen LogP contribution in [0, 0.1) is 0 Å². The Bertz CT molecular complexity index is 25.5. The smallest absolute Gasteiger partial charge is 0.842 e. The van der Waals surface area contributed by atoms with Crippen molar-refractivity contribution >= 4 is 8.38 Å². The van der Waals surface area contributed by atoms with E-state index in [1.807, 2.05) is 0 Å². The van der Waals surface area contributed by atoms with Gasteiger partial charge in [-0.05, 0) is 0 Å². The van der Waals surface area contributed by atoms with Gasteiger partial charge in [-0.1, -0.05) is 13.1 Å². The van der Waals surface area contributed by atoms with E-state index in [1.54, 1.807) is 6.92 Å². The van der Waals surface area contributed by atoms with Gasteiger partial charge in [-0.25, -0.2) is 0 Å². The maximum absolute atomic E-state index is 9.41. The van der Waals surface area contributed by atoms with E-state index >= 15 is 0 Å². The molecule has 0 amide bonds. The molecule has 0 aliphatic heterocycles. The van der Waals surface area contributed by atoms with Gasteiger partial charge in [0.05, 0.1) is 0 Å². The minimum absolute atomic E-state index is 0. The van der Waals surface area contributed by atoms with Crippen molar-refractivity contribution in [1.82, 2.24) is 0 Å². The Morgan fingerprint density at radius 2 is 1.67 bits per heavy atom. The van der Waals surface area contributed by atoms with Gasteiger partial charge in [0, 0.05) is 0 Å². The number of hydrogen-bond donors (Lipinski definition) is 0. The molecule has 32 valence electrons. The third-order valence-electron chi connectivity index (χ3n) is 0.258. The quantitative estimate of drug-likeness (QED) is 0.363. The predicted molar refractivity (Wildman–Crippen MR) is 17.5 cm³/mol. The summed E-state index contributed by atoms with van der Waals surface area (Å²) in [5, 5.41) is 0. The molecule has 4 heteroatoms. The zero-order valence-electron chi connectivity index (χ0n) is 3.68.